The fourth-order valence-corrected chi connectivity index (χ4v) is 1.58. The van der Waals surface area contributed by atoms with Crippen LogP contribution in [-0.4, -0.2) is 31.1 Å². The standard InChI is InChI=1S/C13H16F2N2O/c1-3-17(4-2)5-6-18-13-11(14)7-10(9-16)8-12(13)15/h7-8H,3-6H2,1-2H3. The first-order chi connectivity index (χ1) is 8.62. The van der Waals surface area contributed by atoms with Crippen molar-refractivity contribution < 1.29 is 13.5 Å². The number of rotatable bonds is 6. The molecule has 0 radical (unpaired) electrons. The molecule has 0 atom stereocenters. The lowest BCUT2D eigenvalue weighted by atomic mass is 10.2. The molecule has 0 saturated heterocycles. The van der Waals surface area contributed by atoms with Gasteiger partial charge in [-0.1, -0.05) is 13.8 Å². The predicted molar refractivity (Wildman–Crippen MR) is 64.4 cm³/mol. The Kier molecular flexibility index (Phi) is 5.53. The molecule has 0 spiro atoms. The van der Waals surface area contributed by atoms with Crippen molar-refractivity contribution in [3.05, 3.63) is 29.3 Å². The summed E-state index contributed by atoms with van der Waals surface area (Å²) >= 11 is 0. The van der Waals surface area contributed by atoms with E-state index in [9.17, 15) is 8.78 Å². The Bertz CT molecular complexity index is 416. The first-order valence-corrected chi connectivity index (χ1v) is 5.86. The third-order valence-electron chi connectivity index (χ3n) is 2.68. The zero-order chi connectivity index (χ0) is 13.5. The summed E-state index contributed by atoms with van der Waals surface area (Å²) in [7, 11) is 0. The molecule has 0 aliphatic carbocycles. The van der Waals surface area contributed by atoms with Gasteiger partial charge in [0, 0.05) is 6.54 Å². The molecule has 0 bridgehead atoms. The van der Waals surface area contributed by atoms with Crippen LogP contribution >= 0.6 is 0 Å². The Balaban J connectivity index is 2.66. The van der Waals surface area contributed by atoms with Gasteiger partial charge >= 0.3 is 0 Å². The molecule has 0 aliphatic heterocycles. The average Bonchev–Trinajstić information content (AvgIpc) is 2.37. The molecule has 1 aromatic carbocycles. The van der Waals surface area contributed by atoms with E-state index in [4.69, 9.17) is 10.00 Å². The van der Waals surface area contributed by atoms with Gasteiger partial charge in [-0.15, -0.1) is 0 Å². The number of nitrogens with zero attached hydrogens (tertiary/aromatic N) is 2. The first-order valence-electron chi connectivity index (χ1n) is 5.86. The van der Waals surface area contributed by atoms with Gasteiger partial charge in [0.25, 0.3) is 0 Å². The number of benzene rings is 1. The van der Waals surface area contributed by atoms with Gasteiger partial charge in [0.1, 0.15) is 6.61 Å². The van der Waals surface area contributed by atoms with Crippen LogP contribution in [0.25, 0.3) is 0 Å². The second kappa shape index (κ2) is 6.92. The summed E-state index contributed by atoms with van der Waals surface area (Å²) in [6, 6.07) is 3.62. The topological polar surface area (TPSA) is 36.3 Å². The molecule has 0 amide bonds. The van der Waals surface area contributed by atoms with E-state index in [1.54, 1.807) is 6.07 Å². The van der Waals surface area contributed by atoms with Crippen molar-refractivity contribution in [2.24, 2.45) is 0 Å². The molecule has 5 heteroatoms. The summed E-state index contributed by atoms with van der Waals surface area (Å²) in [5.41, 5.74) is -0.0545. The van der Waals surface area contributed by atoms with Crippen LogP contribution in [0.1, 0.15) is 19.4 Å². The molecule has 0 fully saturated rings. The molecule has 0 heterocycles. The van der Waals surface area contributed by atoms with Crippen molar-refractivity contribution in [1.29, 1.82) is 5.26 Å². The maximum absolute atomic E-state index is 13.5. The fraction of sp³-hybridized carbons (Fsp3) is 0.462. The molecule has 0 aliphatic rings. The maximum atomic E-state index is 13.5. The second-order valence-corrected chi connectivity index (χ2v) is 3.76. The quantitative estimate of drug-likeness (QED) is 0.782. The zero-order valence-electron chi connectivity index (χ0n) is 10.5. The number of likely N-dealkylation sites (N-methyl/N-ethyl adjacent to an activating group) is 1. The lowest BCUT2D eigenvalue weighted by molar-refractivity contribution is 0.211. The molecule has 3 nitrogen and oxygen atoms in total. The Morgan fingerprint density at radius 2 is 1.78 bits per heavy atom. The molecule has 98 valence electrons. The molecule has 0 saturated carbocycles. The Morgan fingerprint density at radius 1 is 1.22 bits per heavy atom. The molecule has 0 N–H and O–H groups in total. The average molecular weight is 254 g/mol. The van der Waals surface area contributed by atoms with Crippen LogP contribution < -0.4 is 4.74 Å². The number of hydrogen-bond donors (Lipinski definition) is 0. The molecular weight excluding hydrogens is 238 g/mol. The molecular formula is C13H16F2N2O. The van der Waals surface area contributed by atoms with E-state index in [0.717, 1.165) is 25.2 Å². The summed E-state index contributed by atoms with van der Waals surface area (Å²) in [5, 5.41) is 8.56. The predicted octanol–water partition coefficient (Wildman–Crippen LogP) is 2.56. The van der Waals surface area contributed by atoms with Crippen LogP contribution in [0.4, 0.5) is 8.78 Å². The number of hydrogen-bond acceptors (Lipinski definition) is 3. The van der Waals surface area contributed by atoms with Crippen LogP contribution in [0.15, 0.2) is 12.1 Å². The summed E-state index contributed by atoms with van der Waals surface area (Å²) in [5.74, 6) is -2.10. The maximum Gasteiger partial charge on any atom is 0.190 e. The molecule has 0 unspecified atom stereocenters. The van der Waals surface area contributed by atoms with Gasteiger partial charge in [-0.2, -0.15) is 5.26 Å². The lowest BCUT2D eigenvalue weighted by Gasteiger charge is -2.18. The van der Waals surface area contributed by atoms with E-state index >= 15 is 0 Å². The number of halogens is 2. The highest BCUT2D eigenvalue weighted by Gasteiger charge is 2.12. The third-order valence-corrected chi connectivity index (χ3v) is 2.68. The van der Waals surface area contributed by atoms with Crippen LogP contribution in [-0.2, 0) is 0 Å². The highest BCUT2D eigenvalue weighted by Crippen LogP contribution is 2.22. The van der Waals surface area contributed by atoms with E-state index in [1.165, 1.54) is 0 Å². The normalized spacial score (nSPS) is 10.4. The van der Waals surface area contributed by atoms with E-state index in [-0.39, 0.29) is 12.2 Å². The third kappa shape index (κ3) is 3.67. The van der Waals surface area contributed by atoms with Gasteiger partial charge in [-0.3, -0.25) is 0 Å². The lowest BCUT2D eigenvalue weighted by Crippen LogP contribution is -2.28. The van der Waals surface area contributed by atoms with Gasteiger partial charge in [0.15, 0.2) is 17.4 Å². The minimum Gasteiger partial charge on any atom is -0.486 e. The van der Waals surface area contributed by atoms with Gasteiger partial charge in [0.2, 0.25) is 0 Å². The summed E-state index contributed by atoms with van der Waals surface area (Å²) < 4.78 is 32.0. The smallest absolute Gasteiger partial charge is 0.190 e. The van der Waals surface area contributed by atoms with E-state index in [0.29, 0.717) is 6.54 Å². The van der Waals surface area contributed by atoms with Crippen molar-refractivity contribution in [3.63, 3.8) is 0 Å². The van der Waals surface area contributed by atoms with Gasteiger partial charge in [0.05, 0.1) is 11.6 Å². The van der Waals surface area contributed by atoms with Gasteiger partial charge in [-0.25, -0.2) is 8.78 Å². The van der Waals surface area contributed by atoms with Crippen molar-refractivity contribution >= 4 is 0 Å². The van der Waals surface area contributed by atoms with E-state index in [2.05, 4.69) is 4.90 Å². The van der Waals surface area contributed by atoms with Crippen molar-refractivity contribution in [2.45, 2.75) is 13.8 Å². The van der Waals surface area contributed by atoms with Crippen LogP contribution in [0.2, 0.25) is 0 Å². The fourth-order valence-electron chi connectivity index (χ4n) is 1.58. The second-order valence-electron chi connectivity index (χ2n) is 3.76. The highest BCUT2D eigenvalue weighted by atomic mass is 19.1. The molecule has 18 heavy (non-hydrogen) atoms. The number of nitriles is 1. The minimum atomic E-state index is -0.842. The Morgan fingerprint density at radius 3 is 2.22 bits per heavy atom. The highest BCUT2D eigenvalue weighted by molar-refractivity contribution is 5.37. The van der Waals surface area contributed by atoms with Crippen molar-refractivity contribution in [2.75, 3.05) is 26.2 Å². The van der Waals surface area contributed by atoms with E-state index in [1.807, 2.05) is 13.8 Å². The minimum absolute atomic E-state index is 0.0545. The molecule has 1 aromatic rings. The monoisotopic (exact) mass is 254 g/mol. The summed E-state index contributed by atoms with van der Waals surface area (Å²) in [6.45, 7) is 6.54. The van der Waals surface area contributed by atoms with Gasteiger partial charge < -0.3 is 9.64 Å². The Hall–Kier alpha value is -1.67. The zero-order valence-corrected chi connectivity index (χ0v) is 10.5. The largest absolute Gasteiger partial charge is 0.486 e. The first kappa shape index (κ1) is 14.4. The van der Waals surface area contributed by atoms with Crippen LogP contribution in [0.3, 0.4) is 0 Å². The molecule has 1 rings (SSSR count). The van der Waals surface area contributed by atoms with Gasteiger partial charge in [-0.05, 0) is 25.2 Å². The summed E-state index contributed by atoms with van der Waals surface area (Å²) in [6.07, 6.45) is 0. The van der Waals surface area contributed by atoms with Crippen LogP contribution in [0, 0.1) is 23.0 Å². The SMILES string of the molecule is CCN(CC)CCOc1c(F)cc(C#N)cc1F. The van der Waals surface area contributed by atoms with Crippen molar-refractivity contribution in [3.8, 4) is 11.8 Å². The Labute approximate surface area is 106 Å². The molecule has 0 aromatic heterocycles. The number of ether oxygens (including phenoxy) is 1. The van der Waals surface area contributed by atoms with Crippen LogP contribution in [0.5, 0.6) is 5.75 Å². The van der Waals surface area contributed by atoms with E-state index < -0.39 is 17.4 Å². The summed E-state index contributed by atoms with van der Waals surface area (Å²) in [4.78, 5) is 2.08. The van der Waals surface area contributed by atoms with Crippen molar-refractivity contribution in [1.82, 2.24) is 4.90 Å².